The van der Waals surface area contributed by atoms with Crippen LogP contribution in [0.4, 0.5) is 5.69 Å². The molecule has 0 spiro atoms. The maximum atomic E-state index is 13.1. The lowest BCUT2D eigenvalue weighted by atomic mass is 10.1. The number of nitrogens with one attached hydrogen (secondary N) is 1. The second kappa shape index (κ2) is 11.7. The Morgan fingerprint density at radius 2 is 1.64 bits per heavy atom. The highest BCUT2D eigenvalue weighted by Crippen LogP contribution is 2.22. The number of carbonyl (C=O) groups excluding carboxylic acids is 2. The summed E-state index contributed by atoms with van der Waals surface area (Å²) in [6.07, 6.45) is 1.62. The van der Waals surface area contributed by atoms with Gasteiger partial charge in [-0.1, -0.05) is 34.1 Å². The van der Waals surface area contributed by atoms with Gasteiger partial charge in [-0.3, -0.25) is 13.9 Å². The quantitative estimate of drug-likeness (QED) is 0.499. The normalized spacial score (nSPS) is 12.2. The largest absolute Gasteiger partial charge is 0.357 e. The number of aryl methyl sites for hydroxylation is 2. The first-order valence-electron chi connectivity index (χ1n) is 10.7. The molecule has 33 heavy (non-hydrogen) atoms. The zero-order valence-corrected chi connectivity index (χ0v) is 22.2. The van der Waals surface area contributed by atoms with E-state index in [-0.39, 0.29) is 31.3 Å². The zero-order valence-electron chi connectivity index (χ0n) is 19.8. The summed E-state index contributed by atoms with van der Waals surface area (Å²) in [5.41, 5.74) is 3.42. The van der Waals surface area contributed by atoms with Gasteiger partial charge in [0.25, 0.3) is 0 Å². The molecule has 0 aliphatic carbocycles. The summed E-state index contributed by atoms with van der Waals surface area (Å²) >= 11 is 3.40. The van der Waals surface area contributed by atoms with E-state index in [2.05, 4.69) is 21.2 Å². The predicted octanol–water partition coefficient (Wildman–Crippen LogP) is 3.78. The summed E-state index contributed by atoms with van der Waals surface area (Å²) < 4.78 is 27.1. The third-order valence-electron chi connectivity index (χ3n) is 5.33. The second-order valence-corrected chi connectivity index (χ2v) is 11.0. The van der Waals surface area contributed by atoms with Crippen molar-refractivity contribution in [1.82, 2.24) is 10.2 Å². The highest BCUT2D eigenvalue weighted by molar-refractivity contribution is 9.10. The first-order valence-corrected chi connectivity index (χ1v) is 13.4. The van der Waals surface area contributed by atoms with Crippen molar-refractivity contribution in [3.05, 3.63) is 63.6 Å². The van der Waals surface area contributed by atoms with Crippen molar-refractivity contribution in [2.45, 2.75) is 46.2 Å². The van der Waals surface area contributed by atoms with E-state index in [0.717, 1.165) is 21.2 Å². The molecule has 2 aromatic rings. The fourth-order valence-corrected chi connectivity index (χ4v) is 4.89. The van der Waals surface area contributed by atoms with Gasteiger partial charge >= 0.3 is 0 Å². The van der Waals surface area contributed by atoms with E-state index in [0.29, 0.717) is 12.1 Å². The Morgan fingerprint density at radius 1 is 1.06 bits per heavy atom. The van der Waals surface area contributed by atoms with Crippen LogP contribution in [0.25, 0.3) is 0 Å². The molecular weight excluding hydrogens is 506 g/mol. The number of hydrogen-bond donors (Lipinski definition) is 1. The molecule has 0 saturated carbocycles. The molecule has 0 aliphatic heterocycles. The Kier molecular flexibility index (Phi) is 9.48. The molecule has 2 aromatic carbocycles. The van der Waals surface area contributed by atoms with Crippen molar-refractivity contribution in [3.8, 4) is 0 Å². The number of likely N-dealkylation sites (N-methyl/N-ethyl adjacent to an activating group) is 1. The molecule has 0 heterocycles. The molecule has 180 valence electrons. The van der Waals surface area contributed by atoms with E-state index < -0.39 is 16.1 Å². The summed E-state index contributed by atoms with van der Waals surface area (Å²) in [4.78, 5) is 26.9. The minimum atomic E-state index is -3.52. The van der Waals surface area contributed by atoms with Crippen molar-refractivity contribution >= 4 is 43.5 Å². The van der Waals surface area contributed by atoms with E-state index in [1.807, 2.05) is 56.3 Å². The molecule has 1 N–H and O–H groups in total. The van der Waals surface area contributed by atoms with Crippen molar-refractivity contribution in [1.29, 1.82) is 0 Å². The van der Waals surface area contributed by atoms with Crippen LogP contribution < -0.4 is 9.62 Å². The molecule has 0 bridgehead atoms. The molecule has 0 saturated heterocycles. The SMILES string of the molecule is CNC(=O)[C@H](C)N(Cc1ccc(Br)cc1)C(=O)CCCN(c1cc(C)cc(C)c1)S(C)(=O)=O. The van der Waals surface area contributed by atoms with Crippen LogP contribution in [0.3, 0.4) is 0 Å². The zero-order chi connectivity index (χ0) is 24.8. The number of hydrogen-bond acceptors (Lipinski definition) is 4. The van der Waals surface area contributed by atoms with Crippen LogP contribution in [0.2, 0.25) is 0 Å². The second-order valence-electron chi connectivity index (χ2n) is 8.22. The summed E-state index contributed by atoms with van der Waals surface area (Å²) in [6.45, 7) is 5.98. The topological polar surface area (TPSA) is 86.8 Å². The van der Waals surface area contributed by atoms with Crippen molar-refractivity contribution in [2.75, 3.05) is 24.2 Å². The predicted molar refractivity (Wildman–Crippen MR) is 136 cm³/mol. The average Bonchev–Trinajstić information content (AvgIpc) is 2.73. The third kappa shape index (κ3) is 7.85. The Hall–Kier alpha value is -2.39. The third-order valence-corrected chi connectivity index (χ3v) is 7.05. The molecule has 2 rings (SSSR count). The van der Waals surface area contributed by atoms with Gasteiger partial charge < -0.3 is 10.2 Å². The smallest absolute Gasteiger partial charge is 0.242 e. The Balaban J connectivity index is 2.16. The van der Waals surface area contributed by atoms with E-state index in [4.69, 9.17) is 0 Å². The summed E-state index contributed by atoms with van der Waals surface area (Å²) in [6, 6.07) is 12.5. The van der Waals surface area contributed by atoms with Gasteiger partial charge in [-0.2, -0.15) is 0 Å². The van der Waals surface area contributed by atoms with Gasteiger partial charge in [0, 0.05) is 31.0 Å². The highest BCUT2D eigenvalue weighted by atomic mass is 79.9. The van der Waals surface area contributed by atoms with E-state index >= 15 is 0 Å². The lowest BCUT2D eigenvalue weighted by Crippen LogP contribution is -2.46. The summed E-state index contributed by atoms with van der Waals surface area (Å²) in [5, 5.41) is 2.59. The van der Waals surface area contributed by atoms with Crippen LogP contribution in [0, 0.1) is 13.8 Å². The summed E-state index contributed by atoms with van der Waals surface area (Å²) in [5.74, 6) is -0.462. The van der Waals surface area contributed by atoms with Gasteiger partial charge in [0.05, 0.1) is 11.9 Å². The molecular formula is C24H32BrN3O4S. The number of benzene rings is 2. The number of halogens is 1. The van der Waals surface area contributed by atoms with Crippen molar-refractivity contribution < 1.29 is 18.0 Å². The van der Waals surface area contributed by atoms with Crippen molar-refractivity contribution in [3.63, 3.8) is 0 Å². The van der Waals surface area contributed by atoms with Gasteiger partial charge in [-0.25, -0.2) is 8.42 Å². The molecule has 7 nitrogen and oxygen atoms in total. The van der Waals surface area contributed by atoms with Gasteiger partial charge in [0.15, 0.2) is 0 Å². The lowest BCUT2D eigenvalue weighted by Gasteiger charge is -2.29. The maximum absolute atomic E-state index is 13.1. The number of anilines is 1. The first kappa shape index (κ1) is 26.9. The van der Waals surface area contributed by atoms with E-state index in [1.54, 1.807) is 6.92 Å². The minimum absolute atomic E-state index is 0.120. The number of nitrogens with zero attached hydrogens (tertiary/aromatic N) is 2. The molecule has 0 aromatic heterocycles. The first-order chi connectivity index (χ1) is 15.4. The van der Waals surface area contributed by atoms with Crippen LogP contribution >= 0.6 is 15.9 Å². The fraction of sp³-hybridized carbons (Fsp3) is 0.417. The highest BCUT2D eigenvalue weighted by Gasteiger charge is 2.26. The Morgan fingerprint density at radius 3 is 2.15 bits per heavy atom. The number of carbonyl (C=O) groups is 2. The van der Waals surface area contributed by atoms with Gasteiger partial charge in [0.2, 0.25) is 21.8 Å². The molecule has 0 aliphatic rings. The van der Waals surface area contributed by atoms with Crippen LogP contribution in [0.5, 0.6) is 0 Å². The van der Waals surface area contributed by atoms with Crippen LogP contribution in [-0.2, 0) is 26.2 Å². The lowest BCUT2D eigenvalue weighted by molar-refractivity contribution is -0.140. The summed E-state index contributed by atoms with van der Waals surface area (Å²) in [7, 11) is -1.98. The Bertz CT molecular complexity index is 1070. The monoisotopic (exact) mass is 537 g/mol. The number of rotatable bonds is 10. The van der Waals surface area contributed by atoms with E-state index in [9.17, 15) is 18.0 Å². The standard InChI is InChI=1S/C24H32BrN3O4S/c1-17-13-18(2)15-22(14-17)28(33(5,31)32)12-6-7-23(29)27(19(3)24(30)26-4)16-20-8-10-21(25)11-9-20/h8-11,13-15,19H,6-7,12,16H2,1-5H3,(H,26,30)/t19-/m0/s1. The fourth-order valence-electron chi connectivity index (χ4n) is 3.68. The molecule has 0 fully saturated rings. The molecule has 2 amide bonds. The van der Waals surface area contributed by atoms with Crippen molar-refractivity contribution in [2.24, 2.45) is 0 Å². The van der Waals surface area contributed by atoms with Crippen LogP contribution in [-0.4, -0.2) is 51.0 Å². The van der Waals surface area contributed by atoms with Gasteiger partial charge in [0.1, 0.15) is 6.04 Å². The van der Waals surface area contributed by atoms with E-state index in [1.165, 1.54) is 22.5 Å². The average molecular weight is 539 g/mol. The molecule has 9 heteroatoms. The number of amides is 2. The molecule has 0 radical (unpaired) electrons. The maximum Gasteiger partial charge on any atom is 0.242 e. The molecule has 1 atom stereocenters. The van der Waals surface area contributed by atoms with Gasteiger partial charge in [-0.05, 0) is 68.1 Å². The minimum Gasteiger partial charge on any atom is -0.357 e. The van der Waals surface area contributed by atoms with Crippen LogP contribution in [0.1, 0.15) is 36.5 Å². The van der Waals surface area contributed by atoms with Gasteiger partial charge in [-0.15, -0.1) is 0 Å². The number of sulfonamides is 1. The van der Waals surface area contributed by atoms with Crippen LogP contribution in [0.15, 0.2) is 46.9 Å². The molecule has 0 unspecified atom stereocenters. The Labute approximate surface area is 205 Å².